The van der Waals surface area contributed by atoms with E-state index in [1.165, 1.54) is 0 Å². The van der Waals surface area contributed by atoms with Gasteiger partial charge in [-0.3, -0.25) is 4.79 Å². The molecule has 0 radical (unpaired) electrons. The van der Waals surface area contributed by atoms with Crippen LogP contribution in [0.5, 0.6) is 5.75 Å². The zero-order valence-corrected chi connectivity index (χ0v) is 21.3. The molecule has 0 fully saturated rings. The van der Waals surface area contributed by atoms with E-state index in [1.807, 2.05) is 51.1 Å². The molecule has 0 spiro atoms. The van der Waals surface area contributed by atoms with Gasteiger partial charge in [-0.15, -0.1) is 0 Å². The number of rotatable bonds is 8. The third-order valence-electron chi connectivity index (χ3n) is 5.64. The van der Waals surface area contributed by atoms with Crippen molar-refractivity contribution in [2.75, 3.05) is 6.61 Å². The summed E-state index contributed by atoms with van der Waals surface area (Å²) < 4.78 is 7.87. The number of halogens is 2. The van der Waals surface area contributed by atoms with E-state index in [1.54, 1.807) is 16.7 Å². The van der Waals surface area contributed by atoms with Gasteiger partial charge < -0.3 is 19.7 Å². The maximum Gasteiger partial charge on any atom is 0.405 e. The summed E-state index contributed by atoms with van der Waals surface area (Å²) in [6.07, 6.45) is 0.527. The summed E-state index contributed by atoms with van der Waals surface area (Å²) in [5, 5.41) is 13.7. The number of aromatic nitrogens is 1. The number of amides is 1. The van der Waals surface area contributed by atoms with Crippen LogP contribution in [-0.4, -0.2) is 22.4 Å². The minimum atomic E-state index is -1.19. The van der Waals surface area contributed by atoms with Gasteiger partial charge in [0.25, 0.3) is 5.56 Å². The lowest BCUT2D eigenvalue weighted by Gasteiger charge is -2.34. The number of fused-ring (bicyclic) bond motifs is 1. The smallest absolute Gasteiger partial charge is 0.405 e. The fourth-order valence-electron chi connectivity index (χ4n) is 3.93. The van der Waals surface area contributed by atoms with Crippen molar-refractivity contribution in [1.82, 2.24) is 9.88 Å². The van der Waals surface area contributed by atoms with Crippen LogP contribution in [0.3, 0.4) is 0 Å². The molecule has 3 rings (SSSR count). The van der Waals surface area contributed by atoms with Crippen molar-refractivity contribution >= 4 is 40.1 Å². The van der Waals surface area contributed by atoms with Gasteiger partial charge >= 0.3 is 6.09 Å². The molecular weight excluding hydrogens is 475 g/mol. The second kappa shape index (κ2) is 10.7. The van der Waals surface area contributed by atoms with Crippen molar-refractivity contribution in [3.05, 3.63) is 74.1 Å². The topological polar surface area (TPSA) is 80.6 Å². The second-order valence-electron chi connectivity index (χ2n) is 9.35. The average Bonchev–Trinajstić information content (AvgIpc) is 2.77. The summed E-state index contributed by atoms with van der Waals surface area (Å²) in [5.74, 6) is 0.436. The highest BCUT2D eigenvalue weighted by molar-refractivity contribution is 6.42. The maximum atomic E-state index is 13.8. The molecule has 0 aliphatic heterocycles. The monoisotopic (exact) mass is 504 g/mol. The Balaban J connectivity index is 2.44. The summed E-state index contributed by atoms with van der Waals surface area (Å²) in [4.78, 5) is 25.7. The van der Waals surface area contributed by atoms with Crippen LogP contribution in [0.15, 0.2) is 47.3 Å². The minimum absolute atomic E-state index is 0.239. The first-order chi connectivity index (χ1) is 16.0. The Morgan fingerprint density at radius 3 is 2.29 bits per heavy atom. The second-order valence-corrected chi connectivity index (χ2v) is 10.2. The first-order valence-corrected chi connectivity index (χ1v) is 12.0. The predicted molar refractivity (Wildman–Crippen MR) is 138 cm³/mol. The molecule has 1 unspecified atom stereocenters. The third kappa shape index (κ3) is 5.68. The molecule has 0 aliphatic rings. The highest BCUT2D eigenvalue weighted by Gasteiger charge is 2.35. The first-order valence-electron chi connectivity index (χ1n) is 11.3. The van der Waals surface area contributed by atoms with Crippen LogP contribution in [0.4, 0.5) is 4.79 Å². The Kier molecular flexibility index (Phi) is 8.16. The molecule has 0 bridgehead atoms. The van der Waals surface area contributed by atoms with Crippen molar-refractivity contribution in [2.45, 2.75) is 53.1 Å². The number of carboxylic acid groups (broad SMARTS) is 1. The highest BCUT2D eigenvalue weighted by atomic mass is 35.5. The van der Waals surface area contributed by atoms with Crippen LogP contribution in [0.2, 0.25) is 10.0 Å². The first kappa shape index (κ1) is 25.9. The predicted octanol–water partition coefficient (Wildman–Crippen LogP) is 6.89. The van der Waals surface area contributed by atoms with Gasteiger partial charge in [-0.1, -0.05) is 87.6 Å². The number of hydrogen-bond donors (Lipinski definition) is 2. The van der Waals surface area contributed by atoms with Gasteiger partial charge in [0.2, 0.25) is 0 Å². The van der Waals surface area contributed by atoms with E-state index >= 15 is 0 Å². The number of nitrogens with one attached hydrogen (secondary N) is 1. The number of benzene rings is 2. The van der Waals surface area contributed by atoms with Crippen LogP contribution in [0.1, 0.15) is 57.8 Å². The standard InChI is InChI=1S/C26H30Cl2N2O4/c1-5-6-12-34-22-17-13-19(27)20(28)14-18(17)24(31)30(15-16-10-8-7-9-11-16)21(22)23(26(2,3)4)29-25(32)33/h7-11,13-14,23,29H,5-6,12,15H2,1-4H3,(H,32,33). The van der Waals surface area contributed by atoms with E-state index in [-0.39, 0.29) is 17.1 Å². The Labute approximate surface area is 209 Å². The van der Waals surface area contributed by atoms with E-state index in [4.69, 9.17) is 27.9 Å². The summed E-state index contributed by atoms with van der Waals surface area (Å²) in [5.41, 5.74) is 0.492. The van der Waals surface area contributed by atoms with E-state index < -0.39 is 17.6 Å². The van der Waals surface area contributed by atoms with Crippen molar-refractivity contribution in [3.8, 4) is 5.75 Å². The zero-order chi connectivity index (χ0) is 25.0. The fraction of sp³-hybridized carbons (Fsp3) is 0.385. The molecule has 1 heterocycles. The van der Waals surface area contributed by atoms with E-state index in [2.05, 4.69) is 12.2 Å². The molecule has 0 saturated heterocycles. The van der Waals surface area contributed by atoms with Crippen LogP contribution < -0.4 is 15.6 Å². The SMILES string of the molecule is CCCCOc1c(C(NC(=O)O)C(C)(C)C)n(Cc2ccccc2)c(=O)c2cc(Cl)c(Cl)cc12. The number of ether oxygens (including phenoxy) is 1. The maximum absolute atomic E-state index is 13.8. The van der Waals surface area contributed by atoms with E-state index in [9.17, 15) is 14.7 Å². The fourth-order valence-corrected chi connectivity index (χ4v) is 4.25. The van der Waals surface area contributed by atoms with Gasteiger partial charge in [-0.2, -0.15) is 0 Å². The molecule has 182 valence electrons. The van der Waals surface area contributed by atoms with Crippen molar-refractivity contribution in [3.63, 3.8) is 0 Å². The molecule has 0 saturated carbocycles. The van der Waals surface area contributed by atoms with Crippen molar-refractivity contribution < 1.29 is 14.6 Å². The molecule has 0 aliphatic carbocycles. The Morgan fingerprint density at radius 1 is 1.12 bits per heavy atom. The van der Waals surface area contributed by atoms with E-state index in [0.717, 1.165) is 18.4 Å². The van der Waals surface area contributed by atoms with Gasteiger partial charge in [-0.05, 0) is 29.5 Å². The summed E-state index contributed by atoms with van der Waals surface area (Å²) in [6.45, 7) is 8.45. The molecule has 6 nitrogen and oxygen atoms in total. The number of nitrogens with zero attached hydrogens (tertiary/aromatic N) is 1. The van der Waals surface area contributed by atoms with Crippen LogP contribution in [-0.2, 0) is 6.54 Å². The molecule has 1 amide bonds. The highest BCUT2D eigenvalue weighted by Crippen LogP contribution is 2.42. The van der Waals surface area contributed by atoms with Gasteiger partial charge in [0.1, 0.15) is 5.75 Å². The lowest BCUT2D eigenvalue weighted by atomic mass is 9.83. The lowest BCUT2D eigenvalue weighted by molar-refractivity contribution is 0.171. The Morgan fingerprint density at radius 2 is 1.74 bits per heavy atom. The number of unbranched alkanes of at least 4 members (excludes halogenated alkanes) is 1. The molecule has 2 N–H and O–H groups in total. The lowest BCUT2D eigenvalue weighted by Crippen LogP contribution is -2.40. The normalized spacial score (nSPS) is 12.5. The summed E-state index contributed by atoms with van der Waals surface area (Å²) in [7, 11) is 0. The summed E-state index contributed by atoms with van der Waals surface area (Å²) >= 11 is 12.6. The molecule has 34 heavy (non-hydrogen) atoms. The van der Waals surface area contributed by atoms with Crippen LogP contribution >= 0.6 is 23.2 Å². The number of pyridine rings is 1. The van der Waals surface area contributed by atoms with Crippen molar-refractivity contribution in [2.24, 2.45) is 5.41 Å². The van der Waals surface area contributed by atoms with Crippen LogP contribution in [0, 0.1) is 5.41 Å². The molecule has 8 heteroatoms. The minimum Gasteiger partial charge on any atom is -0.491 e. The Hall–Kier alpha value is -2.70. The van der Waals surface area contributed by atoms with Gasteiger partial charge in [0, 0.05) is 5.39 Å². The molecular formula is C26H30Cl2N2O4. The van der Waals surface area contributed by atoms with Gasteiger partial charge in [0.05, 0.1) is 40.3 Å². The third-order valence-corrected chi connectivity index (χ3v) is 6.36. The van der Waals surface area contributed by atoms with Gasteiger partial charge in [0.15, 0.2) is 0 Å². The summed E-state index contributed by atoms with van der Waals surface area (Å²) in [6, 6.07) is 12.0. The van der Waals surface area contributed by atoms with Crippen molar-refractivity contribution in [1.29, 1.82) is 0 Å². The molecule has 1 atom stereocenters. The Bertz CT molecular complexity index is 1230. The molecule has 2 aromatic carbocycles. The number of carbonyl (C=O) groups is 1. The van der Waals surface area contributed by atoms with Gasteiger partial charge in [-0.25, -0.2) is 4.79 Å². The largest absolute Gasteiger partial charge is 0.491 e. The molecule has 1 aromatic heterocycles. The van der Waals surface area contributed by atoms with Crippen LogP contribution in [0.25, 0.3) is 10.8 Å². The van der Waals surface area contributed by atoms with E-state index in [0.29, 0.717) is 33.8 Å². The zero-order valence-electron chi connectivity index (χ0n) is 19.8. The number of hydrogen-bond acceptors (Lipinski definition) is 3. The quantitative estimate of drug-likeness (QED) is 0.327. The molecule has 3 aromatic rings. The average molecular weight is 505 g/mol.